The van der Waals surface area contributed by atoms with E-state index in [1.807, 2.05) is 0 Å². The fourth-order valence-corrected chi connectivity index (χ4v) is 0.902. The van der Waals surface area contributed by atoms with Crippen molar-refractivity contribution in [2.75, 3.05) is 0 Å². The highest BCUT2D eigenvalue weighted by molar-refractivity contribution is 5.89. The number of amides is 1. The molecule has 0 saturated heterocycles. The van der Waals surface area contributed by atoms with E-state index >= 15 is 0 Å². The third-order valence-corrected chi connectivity index (χ3v) is 1.68. The van der Waals surface area contributed by atoms with Gasteiger partial charge in [0.15, 0.2) is 0 Å². The van der Waals surface area contributed by atoms with Crippen LogP contribution in [0.5, 0.6) is 0 Å². The van der Waals surface area contributed by atoms with Crippen LogP contribution in [0.4, 0.5) is 0 Å². The van der Waals surface area contributed by atoms with Crippen LogP contribution in [0, 0.1) is 11.3 Å². The van der Waals surface area contributed by atoms with Crippen LogP contribution < -0.4 is 5.32 Å². The Labute approximate surface area is 82.0 Å². The number of nitrogens with one attached hydrogen (secondary N) is 1. The van der Waals surface area contributed by atoms with Gasteiger partial charge in [-0.15, -0.1) is 0 Å². The molecule has 0 heterocycles. The number of carboxylic acid groups (broad SMARTS) is 1. The van der Waals surface area contributed by atoms with Crippen molar-refractivity contribution in [1.82, 2.24) is 5.32 Å². The molecule has 0 aliphatic heterocycles. The number of carboxylic acids is 1. The first-order valence-electron chi connectivity index (χ1n) is 4.11. The van der Waals surface area contributed by atoms with Crippen LogP contribution in [0.2, 0.25) is 0 Å². The van der Waals surface area contributed by atoms with Gasteiger partial charge in [0.25, 0.3) is 0 Å². The summed E-state index contributed by atoms with van der Waals surface area (Å²) >= 11 is 0. The van der Waals surface area contributed by atoms with Crippen molar-refractivity contribution >= 4 is 11.9 Å². The fraction of sp³-hybridized carbons (Fsp3) is 0.444. The summed E-state index contributed by atoms with van der Waals surface area (Å²) in [5, 5.41) is 19.2. The second-order valence-electron chi connectivity index (χ2n) is 2.69. The van der Waals surface area contributed by atoms with Gasteiger partial charge in [-0.05, 0) is 6.42 Å². The molecule has 76 valence electrons. The Hall–Kier alpha value is -1.83. The van der Waals surface area contributed by atoms with E-state index in [1.54, 1.807) is 13.0 Å². The molecule has 0 aliphatic carbocycles. The molecule has 5 nitrogen and oxygen atoms in total. The number of aliphatic carboxylic acids is 1. The van der Waals surface area contributed by atoms with Gasteiger partial charge in [0, 0.05) is 0 Å². The van der Waals surface area contributed by atoms with Crippen LogP contribution in [-0.2, 0) is 9.59 Å². The number of hydrogen-bond acceptors (Lipinski definition) is 3. The van der Waals surface area contributed by atoms with Gasteiger partial charge in [-0.2, -0.15) is 5.26 Å². The molecule has 14 heavy (non-hydrogen) atoms. The second-order valence-corrected chi connectivity index (χ2v) is 2.69. The van der Waals surface area contributed by atoms with Gasteiger partial charge < -0.3 is 10.4 Å². The molecule has 0 aromatic heterocycles. The van der Waals surface area contributed by atoms with Crippen molar-refractivity contribution in [3.05, 3.63) is 12.2 Å². The standard InChI is InChI=1S/C9H12N2O3/c1-3-7(6(2)9(13)14)11-8(12)4-5-10/h7H,2-4H2,1H3,(H,11,12)(H,13,14). The Balaban J connectivity index is 4.31. The molecule has 0 saturated carbocycles. The van der Waals surface area contributed by atoms with Crippen molar-refractivity contribution in [1.29, 1.82) is 5.26 Å². The number of nitrogens with zero attached hydrogens (tertiary/aromatic N) is 1. The Morgan fingerprint density at radius 3 is 2.57 bits per heavy atom. The second kappa shape index (κ2) is 5.75. The summed E-state index contributed by atoms with van der Waals surface area (Å²) in [5.74, 6) is -1.63. The lowest BCUT2D eigenvalue weighted by Gasteiger charge is -2.15. The van der Waals surface area contributed by atoms with Gasteiger partial charge in [-0.3, -0.25) is 4.79 Å². The molecule has 0 rings (SSSR count). The summed E-state index contributed by atoms with van der Waals surface area (Å²) in [6.45, 7) is 5.07. The highest BCUT2D eigenvalue weighted by Crippen LogP contribution is 2.04. The van der Waals surface area contributed by atoms with E-state index in [-0.39, 0.29) is 12.0 Å². The third kappa shape index (κ3) is 3.72. The first kappa shape index (κ1) is 12.2. The Kier molecular flexibility index (Phi) is 5.00. The molecule has 1 amide bonds. The maximum atomic E-state index is 11.0. The SMILES string of the molecule is C=C(C(=O)O)C(CC)NC(=O)CC#N. The molecular formula is C9H12N2O3. The van der Waals surface area contributed by atoms with Crippen LogP contribution in [-0.4, -0.2) is 23.0 Å². The number of nitriles is 1. The predicted molar refractivity (Wildman–Crippen MR) is 49.2 cm³/mol. The first-order valence-corrected chi connectivity index (χ1v) is 4.11. The van der Waals surface area contributed by atoms with Crippen molar-refractivity contribution in [2.45, 2.75) is 25.8 Å². The molecule has 0 aromatic rings. The highest BCUT2D eigenvalue weighted by Gasteiger charge is 2.18. The van der Waals surface area contributed by atoms with E-state index in [0.29, 0.717) is 6.42 Å². The molecule has 5 heteroatoms. The van der Waals surface area contributed by atoms with Crippen LogP contribution in [0.3, 0.4) is 0 Å². The number of rotatable bonds is 5. The smallest absolute Gasteiger partial charge is 0.333 e. The maximum absolute atomic E-state index is 11.0. The van der Waals surface area contributed by atoms with E-state index in [1.165, 1.54) is 0 Å². The zero-order valence-corrected chi connectivity index (χ0v) is 7.91. The number of carbonyl (C=O) groups is 2. The lowest BCUT2D eigenvalue weighted by Crippen LogP contribution is -2.37. The minimum absolute atomic E-state index is 0.0706. The van der Waals surface area contributed by atoms with Crippen molar-refractivity contribution in [2.24, 2.45) is 0 Å². The van der Waals surface area contributed by atoms with E-state index in [9.17, 15) is 9.59 Å². The van der Waals surface area contributed by atoms with E-state index in [0.717, 1.165) is 0 Å². The first-order chi connectivity index (χ1) is 6.52. The topological polar surface area (TPSA) is 90.2 Å². The molecule has 0 bridgehead atoms. The monoisotopic (exact) mass is 196 g/mol. The van der Waals surface area contributed by atoms with Gasteiger partial charge in [-0.25, -0.2) is 4.79 Å². The van der Waals surface area contributed by atoms with E-state index in [2.05, 4.69) is 11.9 Å². The minimum atomic E-state index is -1.14. The van der Waals surface area contributed by atoms with Crippen molar-refractivity contribution in [3.8, 4) is 6.07 Å². The summed E-state index contributed by atoms with van der Waals surface area (Å²) < 4.78 is 0. The summed E-state index contributed by atoms with van der Waals surface area (Å²) in [4.78, 5) is 21.5. The Morgan fingerprint density at radius 2 is 2.21 bits per heavy atom. The van der Waals surface area contributed by atoms with Gasteiger partial charge in [0.2, 0.25) is 5.91 Å². The van der Waals surface area contributed by atoms with Crippen molar-refractivity contribution < 1.29 is 14.7 Å². The molecule has 1 atom stereocenters. The summed E-state index contributed by atoms with van der Waals surface area (Å²) in [6.07, 6.45) is 0.158. The zero-order chi connectivity index (χ0) is 11.1. The summed E-state index contributed by atoms with van der Waals surface area (Å²) in [7, 11) is 0. The van der Waals surface area contributed by atoms with E-state index < -0.39 is 17.9 Å². The lowest BCUT2D eigenvalue weighted by atomic mass is 10.1. The largest absolute Gasteiger partial charge is 0.478 e. The molecule has 0 radical (unpaired) electrons. The number of carbonyl (C=O) groups excluding carboxylic acids is 1. The summed E-state index contributed by atoms with van der Waals surface area (Å²) in [6, 6.07) is 1.07. The van der Waals surface area contributed by atoms with Crippen LogP contribution in [0.1, 0.15) is 19.8 Å². The van der Waals surface area contributed by atoms with Gasteiger partial charge in [0.05, 0.1) is 17.7 Å². The van der Waals surface area contributed by atoms with Crippen LogP contribution in [0.25, 0.3) is 0 Å². The molecule has 1 unspecified atom stereocenters. The molecule has 0 fully saturated rings. The molecule has 0 spiro atoms. The highest BCUT2D eigenvalue weighted by atomic mass is 16.4. The Bertz CT molecular complexity index is 291. The molecule has 0 aliphatic rings. The van der Waals surface area contributed by atoms with Crippen LogP contribution >= 0.6 is 0 Å². The van der Waals surface area contributed by atoms with Gasteiger partial charge >= 0.3 is 5.97 Å². The predicted octanol–water partition coefficient (Wildman–Crippen LogP) is 0.436. The quantitative estimate of drug-likeness (QED) is 0.624. The average Bonchev–Trinajstić information content (AvgIpc) is 2.13. The summed E-state index contributed by atoms with van der Waals surface area (Å²) in [5.41, 5.74) is -0.0706. The van der Waals surface area contributed by atoms with Gasteiger partial charge in [-0.1, -0.05) is 13.5 Å². The number of hydrogen-bond donors (Lipinski definition) is 2. The van der Waals surface area contributed by atoms with Crippen LogP contribution in [0.15, 0.2) is 12.2 Å². The molecular weight excluding hydrogens is 184 g/mol. The van der Waals surface area contributed by atoms with Gasteiger partial charge in [0.1, 0.15) is 6.42 Å². The van der Waals surface area contributed by atoms with Crippen molar-refractivity contribution in [3.63, 3.8) is 0 Å². The third-order valence-electron chi connectivity index (χ3n) is 1.68. The fourth-order valence-electron chi connectivity index (χ4n) is 0.902. The lowest BCUT2D eigenvalue weighted by molar-refractivity contribution is -0.133. The minimum Gasteiger partial charge on any atom is -0.478 e. The molecule has 2 N–H and O–H groups in total. The molecule has 0 aromatic carbocycles. The maximum Gasteiger partial charge on any atom is 0.333 e. The Morgan fingerprint density at radius 1 is 1.64 bits per heavy atom. The normalized spacial score (nSPS) is 11.1. The van der Waals surface area contributed by atoms with E-state index in [4.69, 9.17) is 10.4 Å². The average molecular weight is 196 g/mol. The zero-order valence-electron chi connectivity index (χ0n) is 7.91.